The lowest BCUT2D eigenvalue weighted by atomic mass is 10.1. The predicted octanol–water partition coefficient (Wildman–Crippen LogP) is 1.14. The highest BCUT2D eigenvalue weighted by molar-refractivity contribution is 4.99. The molecule has 0 bridgehead atoms. The minimum absolute atomic E-state index is 0.109. The molecule has 2 heterocycles. The second-order valence-electron chi connectivity index (χ2n) is 5.77. The molecule has 6 nitrogen and oxygen atoms in total. The fourth-order valence-electron chi connectivity index (χ4n) is 1.77. The summed E-state index contributed by atoms with van der Waals surface area (Å²) in [6, 6.07) is 0. The normalized spacial score (nSPS) is 12.0. The van der Waals surface area contributed by atoms with Crippen molar-refractivity contribution in [1.29, 1.82) is 0 Å². The van der Waals surface area contributed by atoms with Crippen LogP contribution < -0.4 is 5.32 Å². The molecular formula is C13H22N6. The summed E-state index contributed by atoms with van der Waals surface area (Å²) in [7, 11) is 1.88. The standard InChI is InChI=1S/C13H22N6/c1-13(2,3)16-8-11-7-14-9-19(11)6-5-12-15-10-18(4)17-12/h7,9-10,16H,5-6,8H2,1-4H3. The Bertz CT molecular complexity index is 519. The molecule has 0 amide bonds. The van der Waals surface area contributed by atoms with Gasteiger partial charge in [-0.3, -0.25) is 4.68 Å². The summed E-state index contributed by atoms with van der Waals surface area (Å²) in [4.78, 5) is 8.45. The molecule has 2 aromatic heterocycles. The topological polar surface area (TPSA) is 60.6 Å². The zero-order valence-corrected chi connectivity index (χ0v) is 12.1. The number of rotatable bonds is 5. The maximum absolute atomic E-state index is 4.28. The summed E-state index contributed by atoms with van der Waals surface area (Å²) < 4.78 is 3.88. The van der Waals surface area contributed by atoms with Gasteiger partial charge >= 0.3 is 0 Å². The van der Waals surface area contributed by atoms with Crippen molar-refractivity contribution in [2.45, 2.75) is 45.8 Å². The van der Waals surface area contributed by atoms with E-state index < -0.39 is 0 Å². The summed E-state index contributed by atoms with van der Waals surface area (Å²) in [5.41, 5.74) is 1.29. The van der Waals surface area contributed by atoms with Crippen LogP contribution in [0.4, 0.5) is 0 Å². The molecule has 0 aromatic carbocycles. The summed E-state index contributed by atoms with van der Waals surface area (Å²) in [6.07, 6.45) is 6.32. The number of nitrogens with zero attached hydrogens (tertiary/aromatic N) is 5. The van der Waals surface area contributed by atoms with Gasteiger partial charge in [-0.2, -0.15) is 5.10 Å². The Morgan fingerprint density at radius 1 is 1.26 bits per heavy atom. The highest BCUT2D eigenvalue weighted by Gasteiger charge is 2.10. The van der Waals surface area contributed by atoms with Crippen molar-refractivity contribution in [3.63, 3.8) is 0 Å². The molecule has 0 aliphatic rings. The van der Waals surface area contributed by atoms with Gasteiger partial charge in [0.1, 0.15) is 6.33 Å². The average Bonchev–Trinajstić information content (AvgIpc) is 2.91. The van der Waals surface area contributed by atoms with Gasteiger partial charge in [0.05, 0.1) is 12.0 Å². The van der Waals surface area contributed by atoms with Gasteiger partial charge in [-0.15, -0.1) is 0 Å². The van der Waals surface area contributed by atoms with Gasteiger partial charge in [0.15, 0.2) is 5.82 Å². The number of aryl methyl sites for hydroxylation is 3. The molecule has 0 spiro atoms. The first kappa shape index (κ1) is 13.7. The van der Waals surface area contributed by atoms with E-state index in [2.05, 4.69) is 45.7 Å². The predicted molar refractivity (Wildman–Crippen MR) is 73.5 cm³/mol. The van der Waals surface area contributed by atoms with Crippen molar-refractivity contribution in [3.05, 3.63) is 30.4 Å². The van der Waals surface area contributed by atoms with Crippen LogP contribution in [-0.4, -0.2) is 29.9 Å². The van der Waals surface area contributed by atoms with Crippen molar-refractivity contribution in [2.24, 2.45) is 7.05 Å². The van der Waals surface area contributed by atoms with Crippen LogP contribution in [0, 0.1) is 0 Å². The maximum Gasteiger partial charge on any atom is 0.152 e. The second-order valence-corrected chi connectivity index (χ2v) is 5.77. The Balaban J connectivity index is 1.92. The van der Waals surface area contributed by atoms with Gasteiger partial charge in [0.25, 0.3) is 0 Å². The highest BCUT2D eigenvalue weighted by Crippen LogP contribution is 2.05. The van der Waals surface area contributed by atoms with Crippen LogP contribution in [0.25, 0.3) is 0 Å². The molecule has 6 heteroatoms. The van der Waals surface area contributed by atoms with Crippen molar-refractivity contribution >= 4 is 0 Å². The molecule has 0 aliphatic carbocycles. The first-order chi connectivity index (χ1) is 8.94. The molecule has 0 radical (unpaired) electrons. The van der Waals surface area contributed by atoms with Crippen molar-refractivity contribution in [2.75, 3.05) is 0 Å². The molecule has 19 heavy (non-hydrogen) atoms. The van der Waals surface area contributed by atoms with E-state index in [0.29, 0.717) is 0 Å². The third-order valence-corrected chi connectivity index (χ3v) is 2.82. The van der Waals surface area contributed by atoms with Crippen LogP contribution in [0.5, 0.6) is 0 Å². The van der Waals surface area contributed by atoms with Crippen molar-refractivity contribution < 1.29 is 0 Å². The van der Waals surface area contributed by atoms with Gasteiger partial charge in [-0.25, -0.2) is 9.97 Å². The Morgan fingerprint density at radius 3 is 2.68 bits per heavy atom. The van der Waals surface area contributed by atoms with Crippen LogP contribution >= 0.6 is 0 Å². The van der Waals surface area contributed by atoms with E-state index in [0.717, 1.165) is 25.3 Å². The molecule has 0 saturated carbocycles. The SMILES string of the molecule is Cn1cnc(CCn2cncc2CNC(C)(C)C)n1. The Morgan fingerprint density at radius 2 is 2.05 bits per heavy atom. The Hall–Kier alpha value is -1.69. The Labute approximate surface area is 113 Å². The van der Waals surface area contributed by atoms with Gasteiger partial charge < -0.3 is 9.88 Å². The van der Waals surface area contributed by atoms with E-state index in [1.54, 1.807) is 11.0 Å². The zero-order valence-electron chi connectivity index (χ0n) is 12.1. The molecule has 0 saturated heterocycles. The van der Waals surface area contributed by atoms with Gasteiger partial charge in [0, 0.05) is 38.3 Å². The van der Waals surface area contributed by atoms with E-state index in [-0.39, 0.29) is 5.54 Å². The fourth-order valence-corrected chi connectivity index (χ4v) is 1.77. The number of imidazole rings is 1. The third kappa shape index (κ3) is 4.17. The van der Waals surface area contributed by atoms with Crippen LogP contribution in [0.3, 0.4) is 0 Å². The quantitative estimate of drug-likeness (QED) is 0.878. The second kappa shape index (κ2) is 5.52. The van der Waals surface area contributed by atoms with E-state index in [9.17, 15) is 0 Å². The van der Waals surface area contributed by atoms with Crippen LogP contribution in [0.2, 0.25) is 0 Å². The summed E-state index contributed by atoms with van der Waals surface area (Å²) >= 11 is 0. The average molecular weight is 262 g/mol. The van der Waals surface area contributed by atoms with Crippen LogP contribution in [0.1, 0.15) is 32.3 Å². The zero-order chi connectivity index (χ0) is 13.9. The molecule has 0 fully saturated rings. The Kier molecular flexibility index (Phi) is 3.99. The van der Waals surface area contributed by atoms with Gasteiger partial charge in [0.2, 0.25) is 0 Å². The first-order valence-electron chi connectivity index (χ1n) is 6.52. The van der Waals surface area contributed by atoms with Crippen molar-refractivity contribution in [1.82, 2.24) is 29.6 Å². The molecular weight excluding hydrogens is 240 g/mol. The molecule has 0 unspecified atom stereocenters. The maximum atomic E-state index is 4.28. The fraction of sp³-hybridized carbons (Fsp3) is 0.615. The molecule has 0 aliphatic heterocycles. The van der Waals surface area contributed by atoms with E-state index >= 15 is 0 Å². The number of aromatic nitrogens is 5. The monoisotopic (exact) mass is 262 g/mol. The molecule has 0 atom stereocenters. The summed E-state index contributed by atoms with van der Waals surface area (Å²) in [6.45, 7) is 8.15. The number of hydrogen-bond acceptors (Lipinski definition) is 4. The molecule has 2 rings (SSSR count). The minimum Gasteiger partial charge on any atom is -0.333 e. The van der Waals surface area contributed by atoms with Gasteiger partial charge in [-0.05, 0) is 20.8 Å². The third-order valence-electron chi connectivity index (χ3n) is 2.82. The van der Waals surface area contributed by atoms with Crippen molar-refractivity contribution in [3.8, 4) is 0 Å². The number of hydrogen-bond donors (Lipinski definition) is 1. The lowest BCUT2D eigenvalue weighted by Gasteiger charge is -2.20. The largest absolute Gasteiger partial charge is 0.333 e. The van der Waals surface area contributed by atoms with E-state index in [1.165, 1.54) is 5.69 Å². The first-order valence-corrected chi connectivity index (χ1v) is 6.52. The smallest absolute Gasteiger partial charge is 0.152 e. The van der Waals surface area contributed by atoms with E-state index in [1.807, 2.05) is 19.6 Å². The lowest BCUT2D eigenvalue weighted by Crippen LogP contribution is -2.35. The highest BCUT2D eigenvalue weighted by atomic mass is 15.3. The van der Waals surface area contributed by atoms with Crippen LogP contribution in [0.15, 0.2) is 18.9 Å². The lowest BCUT2D eigenvalue weighted by molar-refractivity contribution is 0.415. The molecule has 2 aromatic rings. The van der Waals surface area contributed by atoms with E-state index in [4.69, 9.17) is 0 Å². The molecule has 104 valence electrons. The van der Waals surface area contributed by atoms with Gasteiger partial charge in [-0.1, -0.05) is 0 Å². The summed E-state index contributed by atoms with van der Waals surface area (Å²) in [5, 5.41) is 7.75. The minimum atomic E-state index is 0.109. The molecule has 1 N–H and O–H groups in total. The van der Waals surface area contributed by atoms with Crippen LogP contribution in [-0.2, 0) is 26.6 Å². The summed E-state index contributed by atoms with van der Waals surface area (Å²) in [5.74, 6) is 0.867. The number of nitrogens with one attached hydrogen (secondary N) is 1.